The summed E-state index contributed by atoms with van der Waals surface area (Å²) in [5, 5.41) is 10.4. The van der Waals surface area contributed by atoms with Gasteiger partial charge >= 0.3 is 0 Å². The lowest BCUT2D eigenvalue weighted by molar-refractivity contribution is 0.000707. The Hall–Kier alpha value is -0.160. The summed E-state index contributed by atoms with van der Waals surface area (Å²) in [6.07, 6.45) is 6.68. The average molecular weight is 282 g/mol. The zero-order chi connectivity index (χ0) is 13.9. The molecule has 1 N–H and O–H groups in total. The molecule has 0 spiro atoms. The molecule has 2 heterocycles. The van der Waals surface area contributed by atoms with Crippen LogP contribution in [0.15, 0.2) is 0 Å². The fraction of sp³-hybridized carbons (Fsp3) is 1.00. The first-order chi connectivity index (χ1) is 9.74. The summed E-state index contributed by atoms with van der Waals surface area (Å²) in [6, 6.07) is 1.40. The average Bonchev–Trinajstić information content (AvgIpc) is 2.76. The van der Waals surface area contributed by atoms with Gasteiger partial charge in [0.05, 0.1) is 19.3 Å². The number of likely N-dealkylation sites (tertiary alicyclic amines) is 1. The van der Waals surface area contributed by atoms with E-state index in [0.29, 0.717) is 6.04 Å². The summed E-state index contributed by atoms with van der Waals surface area (Å²) >= 11 is 0. The van der Waals surface area contributed by atoms with Gasteiger partial charge in [-0.05, 0) is 32.1 Å². The first-order valence-corrected chi connectivity index (χ1v) is 8.48. The summed E-state index contributed by atoms with van der Waals surface area (Å²) < 4.78 is 5.37. The lowest BCUT2D eigenvalue weighted by Crippen LogP contribution is -2.47. The Kier molecular flexibility index (Phi) is 4.97. The molecule has 116 valence electrons. The summed E-state index contributed by atoms with van der Waals surface area (Å²) in [4.78, 5) is 4.95. The van der Waals surface area contributed by atoms with E-state index in [4.69, 9.17) is 4.74 Å². The first kappa shape index (κ1) is 14.8. The minimum Gasteiger partial charge on any atom is -0.390 e. The SMILES string of the molecule is C[C@@H]1C[C@H]2CCCC[C@@H]2N1C[C@@H](O)CN1CCOCC1. The van der Waals surface area contributed by atoms with Crippen LogP contribution in [0.4, 0.5) is 0 Å². The summed E-state index contributed by atoms with van der Waals surface area (Å²) in [7, 11) is 0. The highest BCUT2D eigenvalue weighted by Crippen LogP contribution is 2.39. The van der Waals surface area contributed by atoms with Crippen molar-refractivity contribution in [2.45, 2.75) is 57.2 Å². The Morgan fingerprint density at radius 1 is 1.15 bits per heavy atom. The van der Waals surface area contributed by atoms with Crippen LogP contribution in [0.5, 0.6) is 0 Å². The van der Waals surface area contributed by atoms with Gasteiger partial charge in [-0.2, -0.15) is 0 Å². The summed E-state index contributed by atoms with van der Waals surface area (Å²) in [6.45, 7) is 7.59. The highest BCUT2D eigenvalue weighted by atomic mass is 16.5. The van der Waals surface area contributed by atoms with Gasteiger partial charge < -0.3 is 9.84 Å². The van der Waals surface area contributed by atoms with Crippen molar-refractivity contribution in [2.24, 2.45) is 5.92 Å². The second kappa shape index (κ2) is 6.73. The number of hydrogen-bond donors (Lipinski definition) is 1. The van der Waals surface area contributed by atoms with Crippen molar-refractivity contribution in [3.05, 3.63) is 0 Å². The normalized spacial score (nSPS) is 37.8. The second-order valence-corrected chi connectivity index (χ2v) is 6.96. The van der Waals surface area contributed by atoms with Gasteiger partial charge in [-0.3, -0.25) is 9.80 Å². The maximum Gasteiger partial charge on any atom is 0.0794 e. The molecule has 2 aliphatic heterocycles. The Morgan fingerprint density at radius 2 is 1.90 bits per heavy atom. The van der Waals surface area contributed by atoms with Gasteiger partial charge in [0.15, 0.2) is 0 Å². The minimum absolute atomic E-state index is 0.212. The number of rotatable bonds is 4. The molecule has 1 saturated carbocycles. The minimum atomic E-state index is -0.212. The molecule has 4 heteroatoms. The van der Waals surface area contributed by atoms with Crippen molar-refractivity contribution in [3.63, 3.8) is 0 Å². The largest absolute Gasteiger partial charge is 0.390 e. The molecule has 3 fully saturated rings. The molecule has 1 aliphatic carbocycles. The number of aliphatic hydroxyl groups is 1. The molecular weight excluding hydrogens is 252 g/mol. The standard InChI is InChI=1S/C16H30N2O2/c1-13-10-14-4-2-3-5-16(14)18(13)12-15(19)11-17-6-8-20-9-7-17/h13-16,19H,2-12H2,1H3/t13-,14-,15+,16+/m1/s1. The molecule has 3 rings (SSSR count). The smallest absolute Gasteiger partial charge is 0.0794 e. The number of ether oxygens (including phenoxy) is 1. The van der Waals surface area contributed by atoms with E-state index in [1.807, 2.05) is 0 Å². The highest BCUT2D eigenvalue weighted by molar-refractivity contribution is 4.95. The maximum atomic E-state index is 10.4. The Bertz CT molecular complexity index is 307. The van der Waals surface area contributed by atoms with Crippen molar-refractivity contribution in [3.8, 4) is 0 Å². The lowest BCUT2D eigenvalue weighted by Gasteiger charge is -2.36. The molecule has 0 aromatic heterocycles. The van der Waals surface area contributed by atoms with Gasteiger partial charge in [-0.1, -0.05) is 12.8 Å². The maximum absolute atomic E-state index is 10.4. The Labute approximate surface area is 123 Å². The third-order valence-corrected chi connectivity index (χ3v) is 5.50. The number of morpholine rings is 1. The quantitative estimate of drug-likeness (QED) is 0.844. The second-order valence-electron chi connectivity index (χ2n) is 6.96. The molecule has 2 saturated heterocycles. The molecular formula is C16H30N2O2. The Balaban J connectivity index is 1.50. The van der Waals surface area contributed by atoms with Crippen molar-refractivity contribution in [2.75, 3.05) is 39.4 Å². The highest BCUT2D eigenvalue weighted by Gasteiger charge is 2.40. The van der Waals surface area contributed by atoms with Crippen molar-refractivity contribution in [1.29, 1.82) is 0 Å². The fourth-order valence-corrected chi connectivity index (χ4v) is 4.50. The molecule has 4 atom stereocenters. The van der Waals surface area contributed by atoms with Gasteiger partial charge in [-0.25, -0.2) is 0 Å². The zero-order valence-electron chi connectivity index (χ0n) is 12.8. The monoisotopic (exact) mass is 282 g/mol. The molecule has 20 heavy (non-hydrogen) atoms. The van der Waals surface area contributed by atoms with E-state index in [1.54, 1.807) is 0 Å². The van der Waals surface area contributed by atoms with Gasteiger partial charge in [0.25, 0.3) is 0 Å². The van der Waals surface area contributed by atoms with Crippen molar-refractivity contribution >= 4 is 0 Å². The van der Waals surface area contributed by atoms with Crippen LogP contribution in [0, 0.1) is 5.92 Å². The van der Waals surface area contributed by atoms with Crippen LogP contribution in [-0.2, 0) is 4.74 Å². The van der Waals surface area contributed by atoms with Gasteiger partial charge in [0.2, 0.25) is 0 Å². The predicted octanol–water partition coefficient (Wildman–Crippen LogP) is 1.33. The van der Waals surface area contributed by atoms with Gasteiger partial charge in [-0.15, -0.1) is 0 Å². The predicted molar refractivity (Wildman–Crippen MR) is 79.8 cm³/mol. The van der Waals surface area contributed by atoms with Crippen LogP contribution < -0.4 is 0 Å². The number of β-amino-alcohol motifs (C(OH)–C–C–N with tert-alkyl or cyclic N) is 1. The van der Waals surface area contributed by atoms with Crippen LogP contribution >= 0.6 is 0 Å². The van der Waals surface area contributed by atoms with Crippen LogP contribution in [0.1, 0.15) is 39.0 Å². The number of nitrogens with zero attached hydrogens (tertiary/aromatic N) is 2. The van der Waals surface area contributed by atoms with Crippen molar-refractivity contribution in [1.82, 2.24) is 9.80 Å². The van der Waals surface area contributed by atoms with E-state index in [1.165, 1.54) is 32.1 Å². The van der Waals surface area contributed by atoms with E-state index in [9.17, 15) is 5.11 Å². The van der Waals surface area contributed by atoms with E-state index in [-0.39, 0.29) is 6.10 Å². The molecule has 0 amide bonds. The lowest BCUT2D eigenvalue weighted by atomic mass is 9.85. The number of aliphatic hydroxyl groups excluding tert-OH is 1. The fourth-order valence-electron chi connectivity index (χ4n) is 4.50. The summed E-state index contributed by atoms with van der Waals surface area (Å²) in [5.74, 6) is 0.898. The van der Waals surface area contributed by atoms with Crippen LogP contribution in [0.2, 0.25) is 0 Å². The molecule has 0 aromatic rings. The van der Waals surface area contributed by atoms with E-state index < -0.39 is 0 Å². The van der Waals surface area contributed by atoms with Crippen molar-refractivity contribution < 1.29 is 9.84 Å². The molecule has 0 unspecified atom stereocenters. The topological polar surface area (TPSA) is 35.9 Å². The van der Waals surface area contributed by atoms with Crippen LogP contribution in [0.25, 0.3) is 0 Å². The molecule has 0 bridgehead atoms. The third kappa shape index (κ3) is 3.35. The molecule has 0 radical (unpaired) electrons. The summed E-state index contributed by atoms with van der Waals surface area (Å²) in [5.41, 5.74) is 0. The van der Waals surface area contributed by atoms with E-state index >= 15 is 0 Å². The van der Waals surface area contributed by atoms with Crippen LogP contribution in [0.3, 0.4) is 0 Å². The zero-order valence-corrected chi connectivity index (χ0v) is 12.8. The van der Waals surface area contributed by atoms with Gasteiger partial charge in [0, 0.05) is 38.3 Å². The Morgan fingerprint density at radius 3 is 2.70 bits per heavy atom. The molecule has 0 aromatic carbocycles. The third-order valence-electron chi connectivity index (χ3n) is 5.50. The van der Waals surface area contributed by atoms with E-state index in [0.717, 1.165) is 51.4 Å². The van der Waals surface area contributed by atoms with Crippen LogP contribution in [-0.4, -0.2) is 72.5 Å². The number of hydrogen-bond acceptors (Lipinski definition) is 4. The van der Waals surface area contributed by atoms with E-state index in [2.05, 4.69) is 16.7 Å². The molecule has 4 nitrogen and oxygen atoms in total. The first-order valence-electron chi connectivity index (χ1n) is 8.48. The molecule has 3 aliphatic rings. The van der Waals surface area contributed by atoms with Gasteiger partial charge in [0.1, 0.15) is 0 Å². The number of fused-ring (bicyclic) bond motifs is 1.